The number of hydrogen-bond donors (Lipinski definition) is 1. The topological polar surface area (TPSA) is 46.9 Å². The summed E-state index contributed by atoms with van der Waals surface area (Å²) in [5.41, 5.74) is 1.33. The largest absolute Gasteiger partial charge is 0.356 e. The molecule has 110 valence electrons. The molecule has 20 heavy (non-hydrogen) atoms. The van der Waals surface area contributed by atoms with E-state index in [-0.39, 0.29) is 17.2 Å². The van der Waals surface area contributed by atoms with E-state index in [2.05, 4.69) is 41.9 Å². The van der Waals surface area contributed by atoms with Crippen LogP contribution in [0.4, 0.5) is 0 Å². The molecule has 4 heteroatoms. The zero-order chi connectivity index (χ0) is 14.3. The lowest BCUT2D eigenvalue weighted by molar-refractivity contribution is -0.133. The standard InChI is InChI=1S/C16H25N3O/c1-4-8-17-15(20)14-12-5-7-16(14,10-12)13-6-9-18-19(13)11(2)3/h6,9,11-12,14H,4-5,7-8,10H2,1-3H3,(H,17,20). The van der Waals surface area contributed by atoms with E-state index in [1.165, 1.54) is 12.1 Å². The van der Waals surface area contributed by atoms with Crippen molar-refractivity contribution in [1.82, 2.24) is 15.1 Å². The van der Waals surface area contributed by atoms with Crippen LogP contribution in [0.15, 0.2) is 12.3 Å². The minimum absolute atomic E-state index is 0.0588. The van der Waals surface area contributed by atoms with Crippen molar-refractivity contribution in [2.45, 2.75) is 57.9 Å². The van der Waals surface area contributed by atoms with Gasteiger partial charge in [0.2, 0.25) is 5.91 Å². The van der Waals surface area contributed by atoms with E-state index in [0.29, 0.717) is 12.0 Å². The molecule has 3 aliphatic rings. The van der Waals surface area contributed by atoms with E-state index >= 15 is 0 Å². The summed E-state index contributed by atoms with van der Waals surface area (Å²) in [4.78, 5) is 12.5. The molecule has 4 rings (SSSR count). The van der Waals surface area contributed by atoms with Crippen LogP contribution in [0.5, 0.6) is 0 Å². The maximum absolute atomic E-state index is 12.5. The number of aromatic nitrogens is 2. The number of nitrogens with zero attached hydrogens (tertiary/aromatic N) is 2. The molecule has 2 bridgehead atoms. The average Bonchev–Trinajstić information content (AvgIpc) is 3.07. The Morgan fingerprint density at radius 2 is 2.40 bits per heavy atom. The van der Waals surface area contributed by atoms with Crippen LogP contribution in [-0.4, -0.2) is 22.2 Å². The fourth-order valence-corrected chi connectivity index (χ4v) is 4.31. The Bertz CT molecular complexity index is 504. The first kappa shape index (κ1) is 13.7. The summed E-state index contributed by atoms with van der Waals surface area (Å²) in [6.45, 7) is 7.20. The minimum Gasteiger partial charge on any atom is -0.356 e. The van der Waals surface area contributed by atoms with Gasteiger partial charge in [-0.15, -0.1) is 0 Å². The van der Waals surface area contributed by atoms with Crippen molar-refractivity contribution < 1.29 is 4.79 Å². The van der Waals surface area contributed by atoms with Gasteiger partial charge in [0.1, 0.15) is 0 Å². The van der Waals surface area contributed by atoms with Crippen LogP contribution in [0.3, 0.4) is 0 Å². The zero-order valence-electron chi connectivity index (χ0n) is 12.7. The highest BCUT2D eigenvalue weighted by atomic mass is 16.2. The Balaban J connectivity index is 1.87. The molecule has 4 nitrogen and oxygen atoms in total. The van der Waals surface area contributed by atoms with Crippen molar-refractivity contribution in [3.8, 4) is 0 Å². The molecule has 1 heterocycles. The quantitative estimate of drug-likeness (QED) is 0.898. The number of fused-ring (bicyclic) bond motifs is 1. The molecule has 1 aromatic rings. The van der Waals surface area contributed by atoms with Crippen LogP contribution >= 0.6 is 0 Å². The molecule has 0 aromatic carbocycles. The van der Waals surface area contributed by atoms with E-state index in [4.69, 9.17) is 0 Å². The molecule has 0 saturated heterocycles. The highest BCUT2D eigenvalue weighted by Crippen LogP contribution is 2.64. The molecular weight excluding hydrogens is 250 g/mol. The van der Waals surface area contributed by atoms with Crippen LogP contribution in [-0.2, 0) is 10.2 Å². The molecule has 0 spiro atoms. The van der Waals surface area contributed by atoms with E-state index in [1.807, 2.05) is 6.20 Å². The molecule has 3 aliphatic carbocycles. The van der Waals surface area contributed by atoms with Crippen LogP contribution in [0.25, 0.3) is 0 Å². The second-order valence-corrected chi connectivity index (χ2v) is 6.68. The summed E-state index contributed by atoms with van der Waals surface area (Å²) >= 11 is 0. The van der Waals surface area contributed by atoms with Crippen molar-refractivity contribution in [1.29, 1.82) is 0 Å². The van der Waals surface area contributed by atoms with Crippen LogP contribution < -0.4 is 5.32 Å². The number of amides is 1. The SMILES string of the molecule is CCCNC(=O)C1C2CCC1(c1ccnn1C(C)C)C2. The van der Waals surface area contributed by atoms with Gasteiger partial charge in [0.25, 0.3) is 0 Å². The maximum atomic E-state index is 12.5. The second-order valence-electron chi connectivity index (χ2n) is 6.68. The molecular formula is C16H25N3O. The van der Waals surface area contributed by atoms with Crippen LogP contribution in [0, 0.1) is 11.8 Å². The van der Waals surface area contributed by atoms with Gasteiger partial charge in [0, 0.05) is 29.9 Å². The first-order valence-corrected chi connectivity index (χ1v) is 7.92. The smallest absolute Gasteiger partial charge is 0.224 e. The van der Waals surface area contributed by atoms with E-state index in [0.717, 1.165) is 25.8 Å². The van der Waals surface area contributed by atoms with Crippen molar-refractivity contribution in [3.05, 3.63) is 18.0 Å². The molecule has 3 unspecified atom stereocenters. The monoisotopic (exact) mass is 275 g/mol. The van der Waals surface area contributed by atoms with E-state index in [9.17, 15) is 4.79 Å². The van der Waals surface area contributed by atoms with Gasteiger partial charge in [-0.1, -0.05) is 6.92 Å². The van der Waals surface area contributed by atoms with Gasteiger partial charge in [-0.2, -0.15) is 5.10 Å². The fraction of sp³-hybridized carbons (Fsp3) is 0.750. The molecule has 3 saturated carbocycles. The van der Waals surface area contributed by atoms with Gasteiger partial charge in [-0.25, -0.2) is 0 Å². The third-order valence-electron chi connectivity index (χ3n) is 5.16. The second kappa shape index (κ2) is 4.90. The predicted octanol–water partition coefficient (Wildman–Crippen LogP) is 2.66. The van der Waals surface area contributed by atoms with Gasteiger partial charge in [0.15, 0.2) is 0 Å². The summed E-state index contributed by atoms with van der Waals surface area (Å²) in [6, 6.07) is 2.48. The summed E-state index contributed by atoms with van der Waals surface area (Å²) in [5, 5.41) is 7.57. The lowest BCUT2D eigenvalue weighted by Crippen LogP contribution is -2.53. The Hall–Kier alpha value is -1.32. The first-order valence-electron chi connectivity index (χ1n) is 7.92. The first-order chi connectivity index (χ1) is 9.60. The number of nitrogens with one attached hydrogen (secondary N) is 1. The normalized spacial score (nSPS) is 31.4. The maximum Gasteiger partial charge on any atom is 0.224 e. The molecule has 0 aliphatic heterocycles. The van der Waals surface area contributed by atoms with Gasteiger partial charge in [-0.05, 0) is 51.5 Å². The molecule has 3 fully saturated rings. The van der Waals surface area contributed by atoms with Crippen molar-refractivity contribution >= 4 is 5.91 Å². The predicted molar refractivity (Wildman–Crippen MR) is 78.4 cm³/mol. The number of carbonyl (C=O) groups excluding carboxylic acids is 1. The summed E-state index contributed by atoms with van der Waals surface area (Å²) in [7, 11) is 0. The Morgan fingerprint density at radius 1 is 1.60 bits per heavy atom. The molecule has 0 radical (unpaired) electrons. The Morgan fingerprint density at radius 3 is 3.05 bits per heavy atom. The summed E-state index contributed by atoms with van der Waals surface area (Å²) < 4.78 is 2.11. The highest BCUT2D eigenvalue weighted by Gasteiger charge is 2.63. The lowest BCUT2D eigenvalue weighted by Gasteiger charge is -2.46. The number of carbonyl (C=O) groups is 1. The fourth-order valence-electron chi connectivity index (χ4n) is 4.31. The average molecular weight is 275 g/mol. The van der Waals surface area contributed by atoms with E-state index < -0.39 is 0 Å². The van der Waals surface area contributed by atoms with Gasteiger partial charge in [0.05, 0.1) is 5.92 Å². The summed E-state index contributed by atoms with van der Waals surface area (Å²) in [6.07, 6.45) is 6.38. The molecule has 3 atom stereocenters. The number of rotatable bonds is 5. The zero-order valence-corrected chi connectivity index (χ0v) is 12.7. The third kappa shape index (κ3) is 1.80. The Labute approximate surface area is 120 Å². The van der Waals surface area contributed by atoms with Crippen LogP contribution in [0.2, 0.25) is 0 Å². The van der Waals surface area contributed by atoms with E-state index in [1.54, 1.807) is 0 Å². The van der Waals surface area contributed by atoms with Crippen molar-refractivity contribution in [3.63, 3.8) is 0 Å². The highest BCUT2D eigenvalue weighted by molar-refractivity contribution is 5.82. The van der Waals surface area contributed by atoms with Crippen molar-refractivity contribution in [2.24, 2.45) is 11.8 Å². The molecule has 1 N–H and O–H groups in total. The summed E-state index contributed by atoms with van der Waals surface area (Å²) in [5.74, 6) is 1.02. The van der Waals surface area contributed by atoms with Gasteiger partial charge < -0.3 is 5.32 Å². The van der Waals surface area contributed by atoms with Crippen LogP contribution in [0.1, 0.15) is 58.2 Å². The minimum atomic E-state index is 0.0588. The van der Waals surface area contributed by atoms with Gasteiger partial charge >= 0.3 is 0 Å². The third-order valence-corrected chi connectivity index (χ3v) is 5.16. The number of hydrogen-bond acceptors (Lipinski definition) is 2. The lowest BCUT2D eigenvalue weighted by atomic mass is 9.58. The van der Waals surface area contributed by atoms with Gasteiger partial charge in [-0.3, -0.25) is 9.48 Å². The Kier molecular flexibility index (Phi) is 3.35. The molecule has 1 aromatic heterocycles. The van der Waals surface area contributed by atoms with Crippen molar-refractivity contribution in [2.75, 3.05) is 6.54 Å². The molecule has 1 amide bonds.